The predicted molar refractivity (Wildman–Crippen MR) is 104 cm³/mol. The molecule has 0 bridgehead atoms. The van der Waals surface area contributed by atoms with E-state index in [1.165, 1.54) is 37.6 Å². The Morgan fingerprint density at radius 2 is 2.04 bits per heavy atom. The molecule has 0 aliphatic rings. The normalized spacial score (nSPS) is 10.5. The Kier molecular flexibility index (Phi) is 7.58. The highest BCUT2D eigenvalue weighted by Crippen LogP contribution is 2.36. The van der Waals surface area contributed by atoms with E-state index in [-0.39, 0.29) is 29.7 Å². The number of nitrogens with zero attached hydrogens (tertiary/aromatic N) is 2. The van der Waals surface area contributed by atoms with Crippen molar-refractivity contribution < 1.29 is 23.9 Å². The number of hydrogen-bond donors (Lipinski definition) is 1. The molecule has 9 nitrogen and oxygen atoms in total. The number of rotatable bonds is 9. The summed E-state index contributed by atoms with van der Waals surface area (Å²) in [4.78, 5) is 21.6. The Hall–Kier alpha value is -3.33. The Labute approximate surface area is 166 Å². The fourth-order valence-electron chi connectivity index (χ4n) is 2.13. The second-order valence-electron chi connectivity index (χ2n) is 5.30. The van der Waals surface area contributed by atoms with Crippen molar-refractivity contribution >= 4 is 35.2 Å². The standard InChI is InChI=1S/C18H18ClN3O6/c1-3-27-17(23)11-28-18-15(19)8-12(9-16(18)26-2)10-20-21-13-4-6-14(7-5-13)22(24)25/h4-10,21H,3,11H2,1-2H3/b20-10+. The van der Waals surface area contributed by atoms with E-state index in [1.807, 2.05) is 0 Å². The van der Waals surface area contributed by atoms with Crippen LogP contribution in [0.4, 0.5) is 11.4 Å². The van der Waals surface area contributed by atoms with E-state index in [1.54, 1.807) is 19.1 Å². The molecule has 2 rings (SSSR count). The molecule has 0 aromatic heterocycles. The Bertz CT molecular complexity index is 870. The third-order valence-corrected chi connectivity index (χ3v) is 3.66. The molecule has 0 radical (unpaired) electrons. The molecular formula is C18H18ClN3O6. The van der Waals surface area contributed by atoms with Gasteiger partial charge in [-0.2, -0.15) is 5.10 Å². The first-order valence-corrected chi connectivity index (χ1v) is 8.52. The lowest BCUT2D eigenvalue weighted by atomic mass is 10.2. The molecule has 148 valence electrons. The van der Waals surface area contributed by atoms with Gasteiger partial charge in [0.2, 0.25) is 0 Å². The lowest BCUT2D eigenvalue weighted by Gasteiger charge is -2.12. The summed E-state index contributed by atoms with van der Waals surface area (Å²) in [5.74, 6) is 0.0323. The van der Waals surface area contributed by atoms with Crippen LogP contribution < -0.4 is 14.9 Å². The molecule has 0 amide bonds. The number of carbonyl (C=O) groups excluding carboxylic acids is 1. The number of anilines is 1. The minimum absolute atomic E-state index is 0.00976. The van der Waals surface area contributed by atoms with Gasteiger partial charge < -0.3 is 14.2 Å². The molecule has 0 unspecified atom stereocenters. The van der Waals surface area contributed by atoms with Gasteiger partial charge in [0.25, 0.3) is 5.69 Å². The average Bonchev–Trinajstić information content (AvgIpc) is 2.67. The van der Waals surface area contributed by atoms with Crippen LogP contribution in [0.2, 0.25) is 5.02 Å². The van der Waals surface area contributed by atoms with Gasteiger partial charge in [-0.05, 0) is 36.8 Å². The van der Waals surface area contributed by atoms with Crippen LogP contribution in [0.1, 0.15) is 12.5 Å². The molecule has 2 aromatic rings. The van der Waals surface area contributed by atoms with Crippen LogP contribution in [0.3, 0.4) is 0 Å². The second kappa shape index (κ2) is 10.1. The highest BCUT2D eigenvalue weighted by Gasteiger charge is 2.14. The minimum atomic E-state index is -0.515. The number of hydrogen-bond acceptors (Lipinski definition) is 8. The summed E-state index contributed by atoms with van der Waals surface area (Å²) in [6.07, 6.45) is 1.49. The summed E-state index contributed by atoms with van der Waals surface area (Å²) in [5, 5.41) is 14.9. The summed E-state index contributed by atoms with van der Waals surface area (Å²) >= 11 is 6.21. The Morgan fingerprint density at radius 1 is 1.32 bits per heavy atom. The molecule has 10 heteroatoms. The molecule has 1 N–H and O–H groups in total. The van der Waals surface area contributed by atoms with Crippen molar-refractivity contribution in [3.63, 3.8) is 0 Å². The van der Waals surface area contributed by atoms with Crippen molar-refractivity contribution in [3.8, 4) is 11.5 Å². The maximum atomic E-state index is 11.4. The number of hydrazone groups is 1. The fraction of sp³-hybridized carbons (Fsp3) is 0.222. The summed E-state index contributed by atoms with van der Waals surface area (Å²) in [6, 6.07) is 9.03. The van der Waals surface area contributed by atoms with Gasteiger partial charge in [-0.15, -0.1) is 0 Å². The predicted octanol–water partition coefficient (Wildman–Crippen LogP) is 3.64. The van der Waals surface area contributed by atoms with Gasteiger partial charge in [-0.3, -0.25) is 15.5 Å². The first-order valence-electron chi connectivity index (χ1n) is 8.14. The quantitative estimate of drug-likeness (QED) is 0.292. The van der Waals surface area contributed by atoms with Gasteiger partial charge in [0.15, 0.2) is 18.1 Å². The van der Waals surface area contributed by atoms with Crippen molar-refractivity contribution in [1.29, 1.82) is 0 Å². The molecule has 0 aliphatic carbocycles. The highest BCUT2D eigenvalue weighted by atomic mass is 35.5. The number of halogens is 1. The third-order valence-electron chi connectivity index (χ3n) is 3.38. The molecule has 2 aromatic carbocycles. The molecule has 28 heavy (non-hydrogen) atoms. The van der Waals surface area contributed by atoms with Crippen LogP contribution in [0, 0.1) is 10.1 Å². The monoisotopic (exact) mass is 407 g/mol. The number of non-ortho nitro benzene ring substituents is 1. The van der Waals surface area contributed by atoms with E-state index >= 15 is 0 Å². The number of methoxy groups -OCH3 is 1. The van der Waals surface area contributed by atoms with E-state index in [0.717, 1.165) is 0 Å². The van der Waals surface area contributed by atoms with Gasteiger partial charge in [0, 0.05) is 12.1 Å². The summed E-state index contributed by atoms with van der Waals surface area (Å²) in [6.45, 7) is 1.66. The zero-order valence-corrected chi connectivity index (χ0v) is 15.9. The van der Waals surface area contributed by atoms with Gasteiger partial charge in [0.1, 0.15) is 0 Å². The minimum Gasteiger partial charge on any atom is -0.493 e. The SMILES string of the molecule is CCOC(=O)COc1c(Cl)cc(/C=N/Nc2ccc([N+](=O)[O-])cc2)cc1OC. The third kappa shape index (κ3) is 5.85. The number of esters is 1. The van der Waals surface area contributed by atoms with Crippen molar-refractivity contribution in [1.82, 2.24) is 0 Å². The van der Waals surface area contributed by atoms with Gasteiger partial charge in [-0.1, -0.05) is 11.6 Å². The smallest absolute Gasteiger partial charge is 0.344 e. The van der Waals surface area contributed by atoms with Crippen LogP contribution >= 0.6 is 11.6 Å². The van der Waals surface area contributed by atoms with Crippen LogP contribution in [0.25, 0.3) is 0 Å². The molecule has 0 fully saturated rings. The van der Waals surface area contributed by atoms with E-state index in [0.29, 0.717) is 17.0 Å². The number of ether oxygens (including phenoxy) is 3. The topological polar surface area (TPSA) is 112 Å². The van der Waals surface area contributed by atoms with Crippen molar-refractivity contribution in [2.45, 2.75) is 6.92 Å². The van der Waals surface area contributed by atoms with Crippen LogP contribution in [-0.2, 0) is 9.53 Å². The average molecular weight is 408 g/mol. The van der Waals surface area contributed by atoms with E-state index in [2.05, 4.69) is 10.5 Å². The molecule has 0 spiro atoms. The summed E-state index contributed by atoms with van der Waals surface area (Å²) in [7, 11) is 1.44. The summed E-state index contributed by atoms with van der Waals surface area (Å²) in [5.41, 5.74) is 3.93. The largest absolute Gasteiger partial charge is 0.493 e. The maximum Gasteiger partial charge on any atom is 0.344 e. The molecule has 0 atom stereocenters. The second-order valence-corrected chi connectivity index (χ2v) is 5.71. The van der Waals surface area contributed by atoms with E-state index in [4.69, 9.17) is 25.8 Å². The number of benzene rings is 2. The van der Waals surface area contributed by atoms with E-state index in [9.17, 15) is 14.9 Å². The van der Waals surface area contributed by atoms with Crippen LogP contribution in [0.15, 0.2) is 41.5 Å². The number of carbonyl (C=O) groups is 1. The number of nitro groups is 1. The zero-order chi connectivity index (χ0) is 20.5. The summed E-state index contributed by atoms with van der Waals surface area (Å²) < 4.78 is 15.4. The number of nitro benzene ring substituents is 1. The molecule has 0 saturated heterocycles. The Balaban J connectivity index is 2.07. The molecular weight excluding hydrogens is 390 g/mol. The van der Waals surface area contributed by atoms with E-state index < -0.39 is 10.9 Å². The van der Waals surface area contributed by atoms with Gasteiger partial charge >= 0.3 is 5.97 Å². The van der Waals surface area contributed by atoms with Crippen molar-refractivity contribution in [2.24, 2.45) is 5.10 Å². The Morgan fingerprint density at radius 3 is 2.64 bits per heavy atom. The molecule has 0 saturated carbocycles. The highest BCUT2D eigenvalue weighted by molar-refractivity contribution is 6.32. The lowest BCUT2D eigenvalue weighted by Crippen LogP contribution is -2.15. The zero-order valence-electron chi connectivity index (χ0n) is 15.2. The lowest BCUT2D eigenvalue weighted by molar-refractivity contribution is -0.384. The molecule has 0 aliphatic heterocycles. The number of nitrogens with one attached hydrogen (secondary N) is 1. The van der Waals surface area contributed by atoms with Crippen molar-refractivity contribution in [3.05, 3.63) is 57.1 Å². The molecule has 0 heterocycles. The first-order chi connectivity index (χ1) is 13.4. The van der Waals surface area contributed by atoms with Crippen LogP contribution in [-0.4, -0.2) is 37.4 Å². The van der Waals surface area contributed by atoms with Crippen LogP contribution in [0.5, 0.6) is 11.5 Å². The van der Waals surface area contributed by atoms with Gasteiger partial charge in [-0.25, -0.2) is 4.79 Å². The maximum absolute atomic E-state index is 11.4. The first kappa shape index (κ1) is 21.0. The van der Waals surface area contributed by atoms with Crippen molar-refractivity contribution in [2.75, 3.05) is 25.7 Å². The fourth-order valence-corrected chi connectivity index (χ4v) is 2.40. The van der Waals surface area contributed by atoms with Gasteiger partial charge in [0.05, 0.1) is 35.6 Å².